The molecule has 1 aromatic rings. The van der Waals surface area contributed by atoms with Gasteiger partial charge in [-0.05, 0) is 31.5 Å². The maximum absolute atomic E-state index is 12.8. The van der Waals surface area contributed by atoms with Crippen LogP contribution in [0.5, 0.6) is 0 Å². The molecular weight excluding hydrogens is 235 g/mol. The Morgan fingerprint density at radius 3 is 2.44 bits per heavy atom. The van der Waals surface area contributed by atoms with Crippen LogP contribution in [0.2, 0.25) is 0 Å². The summed E-state index contributed by atoms with van der Waals surface area (Å²) in [6, 6.07) is 4.92. The molecule has 2 atom stereocenters. The number of carbonyl (C=O) groups excluding carboxylic acids is 2. The van der Waals surface area contributed by atoms with Crippen molar-refractivity contribution in [2.45, 2.75) is 32.5 Å². The molecule has 96 valence electrons. The molecule has 0 bridgehead atoms. The summed E-state index contributed by atoms with van der Waals surface area (Å²) in [5.74, 6) is -0.599. The Hall–Kier alpha value is -1.91. The van der Waals surface area contributed by atoms with Crippen LogP contribution in [0.15, 0.2) is 24.3 Å². The fourth-order valence-electron chi connectivity index (χ4n) is 1.98. The van der Waals surface area contributed by atoms with Crippen molar-refractivity contribution in [3.8, 4) is 0 Å². The van der Waals surface area contributed by atoms with Gasteiger partial charge in [0.2, 0.25) is 11.8 Å². The highest BCUT2D eigenvalue weighted by Gasteiger charge is 2.35. The number of nitrogens with one attached hydrogen (secondary N) is 1. The van der Waals surface area contributed by atoms with Crippen LogP contribution < -0.4 is 5.32 Å². The van der Waals surface area contributed by atoms with Crippen LogP contribution in [-0.4, -0.2) is 28.8 Å². The van der Waals surface area contributed by atoms with Crippen molar-refractivity contribution < 1.29 is 14.0 Å². The van der Waals surface area contributed by atoms with Crippen LogP contribution in [0, 0.1) is 5.82 Å². The Labute approximate surface area is 105 Å². The number of piperazine rings is 1. The maximum Gasteiger partial charge on any atom is 0.245 e. The number of halogens is 1. The fourth-order valence-corrected chi connectivity index (χ4v) is 1.98. The molecule has 0 aliphatic carbocycles. The molecule has 2 rings (SSSR count). The van der Waals surface area contributed by atoms with Gasteiger partial charge in [-0.3, -0.25) is 9.59 Å². The molecule has 1 heterocycles. The first-order chi connectivity index (χ1) is 8.49. The molecule has 0 radical (unpaired) electrons. The standard InChI is InChI=1S/C13H15FN2O2/c1-8-13(18)16(9(2)12(17)15-8)7-10-3-5-11(14)6-4-10/h3-6,8-9H,7H2,1-2H3,(H,15,17)/t8-,9-/m0/s1. The summed E-state index contributed by atoms with van der Waals surface area (Å²) in [4.78, 5) is 25.1. The van der Waals surface area contributed by atoms with Crippen molar-refractivity contribution in [1.29, 1.82) is 0 Å². The maximum atomic E-state index is 12.8. The van der Waals surface area contributed by atoms with Crippen molar-refractivity contribution in [3.05, 3.63) is 35.6 Å². The second-order valence-corrected chi connectivity index (χ2v) is 4.50. The predicted molar refractivity (Wildman–Crippen MR) is 64.0 cm³/mol. The smallest absolute Gasteiger partial charge is 0.245 e. The number of carbonyl (C=O) groups is 2. The molecule has 1 saturated heterocycles. The predicted octanol–water partition coefficient (Wildman–Crippen LogP) is 1.06. The number of hydrogen-bond donors (Lipinski definition) is 1. The number of rotatable bonds is 2. The minimum atomic E-state index is -0.505. The van der Waals surface area contributed by atoms with E-state index in [0.717, 1.165) is 5.56 Å². The van der Waals surface area contributed by atoms with Crippen LogP contribution in [0.4, 0.5) is 4.39 Å². The van der Waals surface area contributed by atoms with E-state index in [2.05, 4.69) is 5.32 Å². The summed E-state index contributed by atoms with van der Waals surface area (Å²) in [5, 5.41) is 2.61. The van der Waals surface area contributed by atoms with Crippen LogP contribution in [0.3, 0.4) is 0 Å². The largest absolute Gasteiger partial charge is 0.343 e. The van der Waals surface area contributed by atoms with Gasteiger partial charge in [-0.2, -0.15) is 0 Å². The van der Waals surface area contributed by atoms with Crippen LogP contribution in [0.25, 0.3) is 0 Å². The molecule has 0 saturated carbocycles. The molecule has 0 spiro atoms. The zero-order valence-electron chi connectivity index (χ0n) is 10.3. The first-order valence-electron chi connectivity index (χ1n) is 5.84. The number of hydrogen-bond acceptors (Lipinski definition) is 2. The lowest BCUT2D eigenvalue weighted by molar-refractivity contribution is -0.148. The van der Waals surface area contributed by atoms with Crippen molar-refractivity contribution in [2.75, 3.05) is 0 Å². The van der Waals surface area contributed by atoms with Crippen molar-refractivity contribution in [1.82, 2.24) is 10.2 Å². The molecule has 1 fully saturated rings. The minimum absolute atomic E-state index is 0.119. The van der Waals surface area contributed by atoms with E-state index in [1.807, 2.05) is 0 Å². The zero-order valence-corrected chi connectivity index (χ0v) is 10.3. The topological polar surface area (TPSA) is 49.4 Å². The van der Waals surface area contributed by atoms with Crippen molar-refractivity contribution in [3.63, 3.8) is 0 Å². The third-order valence-corrected chi connectivity index (χ3v) is 3.13. The van der Waals surface area contributed by atoms with E-state index in [4.69, 9.17) is 0 Å². The Morgan fingerprint density at radius 2 is 1.83 bits per heavy atom. The SMILES string of the molecule is C[C@@H]1NC(=O)[C@H](C)N(Cc2ccc(F)cc2)C1=O. The van der Waals surface area contributed by atoms with Gasteiger partial charge in [0.25, 0.3) is 0 Å². The monoisotopic (exact) mass is 250 g/mol. The summed E-state index contributed by atoms with van der Waals surface area (Å²) in [6.07, 6.45) is 0. The number of benzene rings is 1. The molecule has 1 N–H and O–H groups in total. The van der Waals surface area contributed by atoms with Gasteiger partial charge < -0.3 is 10.2 Å². The molecule has 18 heavy (non-hydrogen) atoms. The van der Waals surface area contributed by atoms with E-state index in [1.54, 1.807) is 26.0 Å². The average molecular weight is 250 g/mol. The lowest BCUT2D eigenvalue weighted by Crippen LogP contribution is -2.60. The van der Waals surface area contributed by atoms with Gasteiger partial charge in [-0.1, -0.05) is 12.1 Å². The first kappa shape index (κ1) is 12.5. The van der Waals surface area contributed by atoms with Gasteiger partial charge >= 0.3 is 0 Å². The second kappa shape index (κ2) is 4.76. The van der Waals surface area contributed by atoms with Gasteiger partial charge in [0.15, 0.2) is 0 Å². The highest BCUT2D eigenvalue weighted by Crippen LogP contribution is 2.14. The molecule has 0 unspecified atom stereocenters. The van der Waals surface area contributed by atoms with Gasteiger partial charge in [-0.15, -0.1) is 0 Å². The normalized spacial score (nSPS) is 24.1. The minimum Gasteiger partial charge on any atom is -0.343 e. The van der Waals surface area contributed by atoms with E-state index < -0.39 is 12.1 Å². The molecule has 5 heteroatoms. The van der Waals surface area contributed by atoms with E-state index in [9.17, 15) is 14.0 Å². The van der Waals surface area contributed by atoms with E-state index in [1.165, 1.54) is 17.0 Å². The quantitative estimate of drug-likeness (QED) is 0.853. The summed E-state index contributed by atoms with van der Waals surface area (Å²) in [6.45, 7) is 3.66. The molecule has 0 aromatic heterocycles. The van der Waals surface area contributed by atoms with E-state index in [-0.39, 0.29) is 17.6 Å². The molecule has 1 aromatic carbocycles. The van der Waals surface area contributed by atoms with Crippen molar-refractivity contribution in [2.24, 2.45) is 0 Å². The number of nitrogens with zero attached hydrogens (tertiary/aromatic N) is 1. The highest BCUT2D eigenvalue weighted by atomic mass is 19.1. The molecule has 2 amide bonds. The van der Waals surface area contributed by atoms with Gasteiger partial charge in [0, 0.05) is 6.54 Å². The van der Waals surface area contributed by atoms with Crippen molar-refractivity contribution >= 4 is 11.8 Å². The molecule has 4 nitrogen and oxygen atoms in total. The molecule has 1 aliphatic rings. The zero-order chi connectivity index (χ0) is 13.3. The second-order valence-electron chi connectivity index (χ2n) is 4.50. The van der Waals surface area contributed by atoms with E-state index in [0.29, 0.717) is 6.54 Å². The molecular formula is C13H15FN2O2. The van der Waals surface area contributed by atoms with Gasteiger partial charge in [-0.25, -0.2) is 4.39 Å². The lowest BCUT2D eigenvalue weighted by Gasteiger charge is -2.36. The summed E-state index contributed by atoms with van der Waals surface area (Å²) >= 11 is 0. The summed E-state index contributed by atoms with van der Waals surface area (Å²) < 4.78 is 12.8. The third-order valence-electron chi connectivity index (χ3n) is 3.13. The fraction of sp³-hybridized carbons (Fsp3) is 0.385. The third kappa shape index (κ3) is 2.34. The Kier molecular flexibility index (Phi) is 3.32. The Morgan fingerprint density at radius 1 is 1.22 bits per heavy atom. The molecule has 1 aliphatic heterocycles. The van der Waals surface area contributed by atoms with Gasteiger partial charge in [0.1, 0.15) is 17.9 Å². The first-order valence-corrected chi connectivity index (χ1v) is 5.84. The highest BCUT2D eigenvalue weighted by molar-refractivity contribution is 5.96. The number of amides is 2. The average Bonchev–Trinajstić information content (AvgIpc) is 2.34. The summed E-state index contributed by atoms with van der Waals surface area (Å²) in [7, 11) is 0. The van der Waals surface area contributed by atoms with Crippen LogP contribution >= 0.6 is 0 Å². The van der Waals surface area contributed by atoms with Crippen LogP contribution in [-0.2, 0) is 16.1 Å². The lowest BCUT2D eigenvalue weighted by atomic mass is 10.1. The van der Waals surface area contributed by atoms with Crippen LogP contribution in [0.1, 0.15) is 19.4 Å². The Balaban J connectivity index is 2.17. The van der Waals surface area contributed by atoms with Gasteiger partial charge in [0.05, 0.1) is 0 Å². The summed E-state index contributed by atoms with van der Waals surface area (Å²) in [5.41, 5.74) is 0.804. The van der Waals surface area contributed by atoms with E-state index >= 15 is 0 Å². The Bertz CT molecular complexity index is 472.